The van der Waals surface area contributed by atoms with Crippen molar-refractivity contribution < 1.29 is 22.8 Å². The van der Waals surface area contributed by atoms with Gasteiger partial charge in [-0.05, 0) is 41.5 Å². The van der Waals surface area contributed by atoms with Crippen LogP contribution < -0.4 is 10.6 Å². The average Bonchev–Trinajstić information content (AvgIpc) is 3.38. The molecule has 4 aromatic rings. The summed E-state index contributed by atoms with van der Waals surface area (Å²) in [5.41, 5.74) is -0.165. The molecule has 1 heterocycles. The molecule has 0 spiro atoms. The van der Waals surface area contributed by atoms with E-state index in [-0.39, 0.29) is 22.9 Å². The Morgan fingerprint density at radius 2 is 1.57 bits per heavy atom. The van der Waals surface area contributed by atoms with E-state index in [0.717, 1.165) is 10.2 Å². The minimum absolute atomic E-state index is 0.127. The van der Waals surface area contributed by atoms with Crippen LogP contribution in [-0.2, 0) is 11.0 Å². The first-order chi connectivity index (χ1) is 18.9. The molecule has 40 heavy (non-hydrogen) atoms. The van der Waals surface area contributed by atoms with Crippen molar-refractivity contribution in [1.82, 2.24) is 15.1 Å². The summed E-state index contributed by atoms with van der Waals surface area (Å²) in [5.74, 6) is -1.02. The zero-order chi connectivity index (χ0) is 29.1. The number of amides is 2. The molecule has 2 amide bonds. The van der Waals surface area contributed by atoms with Crippen molar-refractivity contribution in [1.29, 1.82) is 5.26 Å². The summed E-state index contributed by atoms with van der Waals surface area (Å²) >= 11 is 0. The van der Waals surface area contributed by atoms with Crippen molar-refractivity contribution in [2.24, 2.45) is 5.41 Å². The molecule has 204 valence electrons. The van der Waals surface area contributed by atoms with E-state index in [2.05, 4.69) is 15.7 Å². The smallest absolute Gasteiger partial charge is 0.345 e. The van der Waals surface area contributed by atoms with Gasteiger partial charge in [0.05, 0.1) is 23.4 Å². The van der Waals surface area contributed by atoms with Gasteiger partial charge in [0.15, 0.2) is 5.69 Å². The fourth-order valence-electron chi connectivity index (χ4n) is 3.93. The maximum absolute atomic E-state index is 13.5. The number of benzene rings is 3. The Kier molecular flexibility index (Phi) is 7.77. The van der Waals surface area contributed by atoms with E-state index >= 15 is 0 Å². The zero-order valence-corrected chi connectivity index (χ0v) is 22.0. The summed E-state index contributed by atoms with van der Waals surface area (Å²) in [6, 6.07) is 23.8. The van der Waals surface area contributed by atoms with Crippen LogP contribution in [0, 0.1) is 16.7 Å². The number of nitrogens with one attached hydrogen (secondary N) is 2. The van der Waals surface area contributed by atoms with Gasteiger partial charge in [0.1, 0.15) is 5.69 Å². The molecule has 0 aliphatic rings. The number of carbonyl (C=O) groups excluding carboxylic acids is 2. The van der Waals surface area contributed by atoms with E-state index in [9.17, 15) is 28.0 Å². The summed E-state index contributed by atoms with van der Waals surface area (Å²) < 4.78 is 41.4. The first-order valence-corrected chi connectivity index (χ1v) is 12.3. The van der Waals surface area contributed by atoms with Gasteiger partial charge in [0, 0.05) is 17.2 Å². The number of nitrogens with zero attached hydrogens (tertiary/aromatic N) is 3. The Labute approximate surface area is 229 Å². The molecule has 0 bridgehead atoms. The molecule has 10 heteroatoms. The number of anilines is 1. The molecule has 1 unspecified atom stereocenters. The molecule has 0 aliphatic carbocycles. The van der Waals surface area contributed by atoms with Crippen molar-refractivity contribution in [3.63, 3.8) is 0 Å². The lowest BCUT2D eigenvalue weighted by Crippen LogP contribution is -2.37. The molecule has 0 radical (unpaired) electrons. The largest absolute Gasteiger partial charge is 0.435 e. The third-order valence-corrected chi connectivity index (χ3v) is 6.02. The van der Waals surface area contributed by atoms with Gasteiger partial charge in [-0.15, -0.1) is 0 Å². The van der Waals surface area contributed by atoms with Crippen LogP contribution in [0.15, 0.2) is 84.9 Å². The number of alkyl halides is 3. The normalized spacial score (nSPS) is 12.3. The highest BCUT2D eigenvalue weighted by atomic mass is 19.4. The monoisotopic (exact) mass is 545 g/mol. The molecule has 1 atom stereocenters. The van der Waals surface area contributed by atoms with Gasteiger partial charge in [0.25, 0.3) is 5.91 Å². The Hall–Kier alpha value is -4.91. The quantitative estimate of drug-likeness (QED) is 0.298. The Balaban J connectivity index is 1.70. The second-order valence-electron chi connectivity index (χ2n) is 10.1. The summed E-state index contributed by atoms with van der Waals surface area (Å²) in [4.78, 5) is 26.2. The molecule has 2 N–H and O–H groups in total. The lowest BCUT2D eigenvalue weighted by molar-refractivity contribution is -0.141. The maximum Gasteiger partial charge on any atom is 0.435 e. The molecule has 0 saturated heterocycles. The summed E-state index contributed by atoms with van der Waals surface area (Å²) in [6.07, 6.45) is -4.79. The van der Waals surface area contributed by atoms with Gasteiger partial charge in [-0.1, -0.05) is 69.3 Å². The van der Waals surface area contributed by atoms with Crippen molar-refractivity contribution in [3.05, 3.63) is 113 Å². The Bertz CT molecular complexity index is 1580. The summed E-state index contributed by atoms with van der Waals surface area (Å²) in [5, 5.41) is 18.5. The number of hydrogen-bond acceptors (Lipinski definition) is 4. The maximum atomic E-state index is 13.5. The van der Waals surface area contributed by atoms with Gasteiger partial charge in [0.2, 0.25) is 5.91 Å². The highest BCUT2D eigenvalue weighted by Gasteiger charge is 2.36. The van der Waals surface area contributed by atoms with E-state index in [1.165, 1.54) is 24.3 Å². The number of rotatable bonds is 6. The molecule has 1 aromatic heterocycles. The SMILES string of the molecule is CC(C)(C)C(=O)NC(c1ccccc1)c1cccc(NC(=O)c2cc(C(F)(F)F)nn2-c2cccc(C#N)c2)c1. The van der Waals surface area contributed by atoms with Crippen LogP contribution in [0.25, 0.3) is 5.69 Å². The second-order valence-corrected chi connectivity index (χ2v) is 10.1. The lowest BCUT2D eigenvalue weighted by atomic mass is 9.92. The van der Waals surface area contributed by atoms with Crippen molar-refractivity contribution >= 4 is 17.5 Å². The van der Waals surface area contributed by atoms with Crippen molar-refractivity contribution in [3.8, 4) is 11.8 Å². The van der Waals surface area contributed by atoms with Crippen LogP contribution in [0.3, 0.4) is 0 Å². The van der Waals surface area contributed by atoms with E-state index in [0.29, 0.717) is 17.3 Å². The minimum atomic E-state index is -4.79. The van der Waals surface area contributed by atoms with E-state index in [4.69, 9.17) is 0 Å². The predicted molar refractivity (Wildman–Crippen MR) is 144 cm³/mol. The number of aromatic nitrogens is 2. The molecule has 7 nitrogen and oxygen atoms in total. The first-order valence-electron chi connectivity index (χ1n) is 12.3. The van der Waals surface area contributed by atoms with E-state index < -0.39 is 29.2 Å². The lowest BCUT2D eigenvalue weighted by Gasteiger charge is -2.25. The van der Waals surface area contributed by atoms with Gasteiger partial charge >= 0.3 is 6.18 Å². The fourth-order valence-corrected chi connectivity index (χ4v) is 3.93. The zero-order valence-electron chi connectivity index (χ0n) is 22.0. The van der Waals surface area contributed by atoms with Gasteiger partial charge in [-0.25, -0.2) is 4.68 Å². The molecule has 3 aromatic carbocycles. The van der Waals surface area contributed by atoms with Gasteiger partial charge in [-0.3, -0.25) is 9.59 Å². The Morgan fingerprint density at radius 1 is 0.900 bits per heavy atom. The van der Waals surface area contributed by atoms with Crippen LogP contribution in [-0.4, -0.2) is 21.6 Å². The highest BCUT2D eigenvalue weighted by Crippen LogP contribution is 2.31. The number of halogens is 3. The molecular formula is C30H26F3N5O2. The topological polar surface area (TPSA) is 99.8 Å². The molecule has 4 rings (SSSR count). The van der Waals surface area contributed by atoms with Crippen LogP contribution in [0.5, 0.6) is 0 Å². The molecule has 0 aliphatic heterocycles. The van der Waals surface area contributed by atoms with Gasteiger partial charge < -0.3 is 10.6 Å². The highest BCUT2D eigenvalue weighted by molar-refractivity contribution is 6.03. The van der Waals surface area contributed by atoms with Crippen LogP contribution in [0.2, 0.25) is 0 Å². The van der Waals surface area contributed by atoms with E-state index in [1.54, 1.807) is 45.0 Å². The minimum Gasteiger partial charge on any atom is -0.345 e. The number of nitriles is 1. The van der Waals surface area contributed by atoms with Crippen molar-refractivity contribution in [2.75, 3.05) is 5.32 Å². The first kappa shape index (κ1) is 28.1. The van der Waals surface area contributed by atoms with E-state index in [1.807, 2.05) is 36.4 Å². The third kappa shape index (κ3) is 6.38. The van der Waals surface area contributed by atoms with Crippen LogP contribution >= 0.6 is 0 Å². The standard InChI is InChI=1S/C30H26F3N5O2/c1-29(2,3)28(40)36-26(20-10-5-4-6-11-20)21-12-8-13-22(16-21)35-27(39)24-17-25(30(31,32)33)37-38(24)23-14-7-9-19(15-23)18-34/h4-17,26H,1-3H3,(H,35,39)(H,36,40). The molecule has 0 saturated carbocycles. The number of hydrogen-bond donors (Lipinski definition) is 2. The third-order valence-electron chi connectivity index (χ3n) is 6.02. The second kappa shape index (κ2) is 11.1. The van der Waals surface area contributed by atoms with Crippen LogP contribution in [0.1, 0.15) is 59.7 Å². The Morgan fingerprint density at radius 3 is 2.23 bits per heavy atom. The fraction of sp³-hybridized carbons (Fsp3) is 0.200. The average molecular weight is 546 g/mol. The molecule has 0 fully saturated rings. The molecular weight excluding hydrogens is 519 g/mol. The van der Waals surface area contributed by atoms with Crippen molar-refractivity contribution in [2.45, 2.75) is 33.0 Å². The van der Waals surface area contributed by atoms with Crippen LogP contribution in [0.4, 0.5) is 18.9 Å². The van der Waals surface area contributed by atoms with Gasteiger partial charge in [-0.2, -0.15) is 23.5 Å². The number of carbonyl (C=O) groups is 2. The summed E-state index contributed by atoms with van der Waals surface area (Å²) in [7, 11) is 0. The predicted octanol–water partition coefficient (Wildman–Crippen LogP) is 6.27. The summed E-state index contributed by atoms with van der Waals surface area (Å²) in [6.45, 7) is 5.39.